The van der Waals surface area contributed by atoms with Crippen molar-refractivity contribution in [1.29, 1.82) is 0 Å². The first-order valence-electron chi connectivity index (χ1n) is 11.1. The van der Waals surface area contributed by atoms with Gasteiger partial charge in [0.1, 0.15) is 11.4 Å². The fourth-order valence-corrected chi connectivity index (χ4v) is 3.98. The van der Waals surface area contributed by atoms with E-state index in [1.165, 1.54) is 7.11 Å². The van der Waals surface area contributed by atoms with Gasteiger partial charge >= 0.3 is 12.1 Å². The molecule has 0 radical (unpaired) electrons. The lowest BCUT2D eigenvalue weighted by Crippen LogP contribution is -2.45. The van der Waals surface area contributed by atoms with E-state index in [0.29, 0.717) is 26.1 Å². The highest BCUT2D eigenvalue weighted by molar-refractivity contribution is 5.77. The molecule has 178 valence electrons. The minimum atomic E-state index is -0.619. The van der Waals surface area contributed by atoms with Crippen molar-refractivity contribution in [3.8, 4) is 5.75 Å². The predicted octanol–water partition coefficient (Wildman–Crippen LogP) is 4.74. The Hall–Kier alpha value is -2.54. The molecule has 7 heteroatoms. The van der Waals surface area contributed by atoms with Gasteiger partial charge < -0.3 is 18.9 Å². The van der Waals surface area contributed by atoms with Crippen LogP contribution in [0.1, 0.15) is 52.0 Å². The van der Waals surface area contributed by atoms with Gasteiger partial charge in [-0.25, -0.2) is 4.79 Å². The number of esters is 1. The van der Waals surface area contributed by atoms with E-state index in [0.717, 1.165) is 24.2 Å². The number of rotatable bonds is 10. The van der Waals surface area contributed by atoms with E-state index in [9.17, 15) is 9.59 Å². The van der Waals surface area contributed by atoms with Crippen LogP contribution < -0.4 is 4.74 Å². The summed E-state index contributed by atoms with van der Waals surface area (Å²) in [5.41, 5.74) is 0.462. The lowest BCUT2D eigenvalue weighted by Gasteiger charge is -2.32. The largest absolute Gasteiger partial charge is 0.497 e. The van der Waals surface area contributed by atoms with Crippen molar-refractivity contribution in [2.45, 2.75) is 70.7 Å². The summed E-state index contributed by atoms with van der Waals surface area (Å²) in [6.07, 6.45) is 4.07. The van der Waals surface area contributed by atoms with Crippen molar-refractivity contribution in [2.24, 2.45) is 5.92 Å². The third-order valence-electron chi connectivity index (χ3n) is 5.52. The molecule has 1 heterocycles. The summed E-state index contributed by atoms with van der Waals surface area (Å²) >= 11 is 0. The maximum atomic E-state index is 12.9. The molecule has 0 N–H and O–H groups in total. The molecule has 1 aromatic rings. The van der Waals surface area contributed by atoms with Crippen LogP contribution in [-0.2, 0) is 25.6 Å². The van der Waals surface area contributed by atoms with Gasteiger partial charge in [0.25, 0.3) is 0 Å². The molecule has 1 aromatic carbocycles. The van der Waals surface area contributed by atoms with E-state index in [2.05, 4.69) is 6.58 Å². The molecule has 1 aliphatic heterocycles. The number of carbonyl (C=O) groups is 2. The smallest absolute Gasteiger partial charge is 0.411 e. The number of nitrogens with zero attached hydrogens (tertiary/aromatic N) is 1. The molecule has 1 aliphatic rings. The Morgan fingerprint density at radius 1 is 1.16 bits per heavy atom. The van der Waals surface area contributed by atoms with Gasteiger partial charge in [0.05, 0.1) is 32.8 Å². The summed E-state index contributed by atoms with van der Waals surface area (Å²) in [6, 6.07) is 7.23. The van der Waals surface area contributed by atoms with Gasteiger partial charge in [-0.1, -0.05) is 18.2 Å². The first-order valence-corrected chi connectivity index (χ1v) is 11.1. The molecule has 0 unspecified atom stereocenters. The standard InChI is InChI=1S/C25H37NO6/c1-7-19-16-21(23(27)30-6)22(26(19)24(28)32-25(2,3)4)10-8-9-15-31-17-18-11-13-20(29-5)14-12-18/h7,11-14,19,21-22H,1,8-10,15-17H2,2-6H3/t19-,21-,22+/m1/s1. The highest BCUT2D eigenvalue weighted by Gasteiger charge is 2.47. The maximum Gasteiger partial charge on any atom is 0.411 e. The first-order chi connectivity index (χ1) is 15.2. The van der Waals surface area contributed by atoms with Crippen molar-refractivity contribution in [3.63, 3.8) is 0 Å². The van der Waals surface area contributed by atoms with Crippen LogP contribution in [0.25, 0.3) is 0 Å². The second-order valence-corrected chi connectivity index (χ2v) is 9.02. The van der Waals surface area contributed by atoms with Crippen molar-refractivity contribution in [1.82, 2.24) is 4.90 Å². The van der Waals surface area contributed by atoms with Crippen LogP contribution in [0.4, 0.5) is 4.79 Å². The molecular formula is C25H37NO6. The predicted molar refractivity (Wildman–Crippen MR) is 122 cm³/mol. The number of benzene rings is 1. The molecule has 0 aliphatic carbocycles. The zero-order valence-electron chi connectivity index (χ0n) is 20.0. The summed E-state index contributed by atoms with van der Waals surface area (Å²) < 4.78 is 21.6. The van der Waals surface area contributed by atoms with Crippen LogP contribution in [0.2, 0.25) is 0 Å². The molecule has 1 fully saturated rings. The van der Waals surface area contributed by atoms with Gasteiger partial charge in [-0.05, 0) is 64.2 Å². The van der Waals surface area contributed by atoms with Gasteiger partial charge in [-0.15, -0.1) is 6.58 Å². The molecule has 7 nitrogen and oxygen atoms in total. The average Bonchev–Trinajstić information content (AvgIpc) is 3.13. The third-order valence-corrected chi connectivity index (χ3v) is 5.52. The van der Waals surface area contributed by atoms with E-state index in [-0.39, 0.29) is 18.1 Å². The fraction of sp³-hybridized carbons (Fsp3) is 0.600. The van der Waals surface area contributed by atoms with Crippen LogP contribution in [0, 0.1) is 5.92 Å². The van der Waals surface area contributed by atoms with Crippen molar-refractivity contribution in [3.05, 3.63) is 42.5 Å². The summed E-state index contributed by atoms with van der Waals surface area (Å²) in [6.45, 7) is 10.5. The van der Waals surface area contributed by atoms with Crippen LogP contribution >= 0.6 is 0 Å². The van der Waals surface area contributed by atoms with Gasteiger partial charge in [-0.2, -0.15) is 0 Å². The number of unbranched alkanes of at least 4 members (excludes halogenated alkanes) is 1. The van der Waals surface area contributed by atoms with Crippen molar-refractivity contribution in [2.75, 3.05) is 20.8 Å². The molecule has 0 spiro atoms. The first kappa shape index (κ1) is 25.7. The Morgan fingerprint density at radius 3 is 2.41 bits per heavy atom. The summed E-state index contributed by atoms with van der Waals surface area (Å²) in [5.74, 6) is 0.122. The average molecular weight is 448 g/mol. The molecule has 0 saturated carbocycles. The van der Waals surface area contributed by atoms with Crippen LogP contribution in [-0.4, -0.2) is 55.5 Å². The van der Waals surface area contributed by atoms with E-state index < -0.39 is 17.6 Å². The maximum absolute atomic E-state index is 12.9. The van der Waals surface area contributed by atoms with Gasteiger partial charge in [-0.3, -0.25) is 9.69 Å². The SMILES string of the molecule is C=C[C@@H]1C[C@@H](C(=O)OC)[C@H](CCCCOCc2ccc(OC)cc2)N1C(=O)OC(C)(C)C. The number of methoxy groups -OCH3 is 2. The van der Waals surface area contributed by atoms with Crippen LogP contribution in [0.15, 0.2) is 36.9 Å². The Balaban J connectivity index is 1.92. The molecule has 1 saturated heterocycles. The number of ether oxygens (including phenoxy) is 4. The number of amides is 1. The summed E-state index contributed by atoms with van der Waals surface area (Å²) in [5, 5.41) is 0. The molecule has 1 amide bonds. The van der Waals surface area contributed by atoms with Gasteiger partial charge in [0.15, 0.2) is 0 Å². The zero-order chi connectivity index (χ0) is 23.7. The Kier molecular flexibility index (Phi) is 9.57. The Morgan fingerprint density at radius 2 is 1.84 bits per heavy atom. The second-order valence-electron chi connectivity index (χ2n) is 9.02. The lowest BCUT2D eigenvalue weighted by molar-refractivity contribution is -0.146. The van der Waals surface area contributed by atoms with Crippen LogP contribution in [0.5, 0.6) is 5.75 Å². The zero-order valence-corrected chi connectivity index (χ0v) is 20.0. The summed E-state index contributed by atoms with van der Waals surface area (Å²) in [4.78, 5) is 27.0. The minimum absolute atomic E-state index is 0.259. The molecule has 3 atom stereocenters. The number of likely N-dealkylation sites (tertiary alicyclic amines) is 1. The highest BCUT2D eigenvalue weighted by atomic mass is 16.6. The highest BCUT2D eigenvalue weighted by Crippen LogP contribution is 2.35. The van der Waals surface area contributed by atoms with Crippen molar-refractivity contribution < 1.29 is 28.5 Å². The summed E-state index contributed by atoms with van der Waals surface area (Å²) in [7, 11) is 3.02. The van der Waals surface area contributed by atoms with Gasteiger partial charge in [0, 0.05) is 12.6 Å². The normalized spacial score (nSPS) is 20.7. The number of hydrogen-bond acceptors (Lipinski definition) is 6. The minimum Gasteiger partial charge on any atom is -0.497 e. The van der Waals surface area contributed by atoms with E-state index >= 15 is 0 Å². The number of hydrogen-bond donors (Lipinski definition) is 0. The third kappa shape index (κ3) is 7.26. The monoisotopic (exact) mass is 447 g/mol. The number of carbonyl (C=O) groups excluding carboxylic acids is 2. The van der Waals surface area contributed by atoms with Crippen molar-refractivity contribution >= 4 is 12.1 Å². The fourth-order valence-electron chi connectivity index (χ4n) is 3.98. The molecule has 2 rings (SSSR count). The van der Waals surface area contributed by atoms with E-state index in [1.54, 1.807) is 18.1 Å². The molecular weight excluding hydrogens is 410 g/mol. The van der Waals surface area contributed by atoms with E-state index in [4.69, 9.17) is 18.9 Å². The Bertz CT molecular complexity index is 755. The van der Waals surface area contributed by atoms with Gasteiger partial charge in [0.2, 0.25) is 0 Å². The lowest BCUT2D eigenvalue weighted by atomic mass is 9.95. The molecule has 32 heavy (non-hydrogen) atoms. The topological polar surface area (TPSA) is 74.3 Å². The Labute approximate surface area is 191 Å². The second kappa shape index (κ2) is 11.9. The van der Waals surface area contributed by atoms with E-state index in [1.807, 2.05) is 45.0 Å². The quantitative estimate of drug-likeness (QED) is 0.293. The van der Waals surface area contributed by atoms with Crippen LogP contribution in [0.3, 0.4) is 0 Å². The molecule has 0 bridgehead atoms. The molecule has 0 aromatic heterocycles.